The van der Waals surface area contributed by atoms with Gasteiger partial charge in [0.15, 0.2) is 0 Å². The van der Waals surface area contributed by atoms with Gasteiger partial charge in [0.05, 0.1) is 10.7 Å². The lowest BCUT2D eigenvalue weighted by atomic mass is 10.2. The Labute approximate surface area is 107 Å². The molecule has 96 valence electrons. The lowest BCUT2D eigenvalue weighted by Crippen LogP contribution is -2.32. The highest BCUT2D eigenvalue weighted by molar-refractivity contribution is 7.09. The number of amides is 1. The van der Waals surface area contributed by atoms with Crippen LogP contribution in [0.5, 0.6) is 0 Å². The van der Waals surface area contributed by atoms with Gasteiger partial charge in [-0.2, -0.15) is 0 Å². The van der Waals surface area contributed by atoms with E-state index in [1.165, 1.54) is 0 Å². The lowest BCUT2D eigenvalue weighted by Gasteiger charge is -2.16. The third kappa shape index (κ3) is 5.28. The standard InChI is InChI=1S/C12H21N3OS/c1-10-14-11(9-17-10)5-4-6-12(16)15(3)8-7-13-2/h9,13H,4-8H2,1-3H3. The normalized spacial score (nSPS) is 10.5. The summed E-state index contributed by atoms with van der Waals surface area (Å²) in [4.78, 5) is 17.9. The van der Waals surface area contributed by atoms with Crippen molar-refractivity contribution in [2.24, 2.45) is 0 Å². The van der Waals surface area contributed by atoms with Crippen LogP contribution in [0, 0.1) is 6.92 Å². The molecule has 1 rings (SSSR count). The Balaban J connectivity index is 2.19. The lowest BCUT2D eigenvalue weighted by molar-refractivity contribution is -0.129. The minimum absolute atomic E-state index is 0.215. The zero-order valence-electron chi connectivity index (χ0n) is 10.8. The van der Waals surface area contributed by atoms with Crippen molar-refractivity contribution >= 4 is 17.2 Å². The molecule has 17 heavy (non-hydrogen) atoms. The van der Waals surface area contributed by atoms with Gasteiger partial charge in [-0.15, -0.1) is 11.3 Å². The van der Waals surface area contributed by atoms with Crippen molar-refractivity contribution in [3.05, 3.63) is 16.1 Å². The first-order chi connectivity index (χ1) is 8.13. The quantitative estimate of drug-likeness (QED) is 0.802. The second-order valence-electron chi connectivity index (χ2n) is 4.13. The number of hydrogen-bond donors (Lipinski definition) is 1. The summed E-state index contributed by atoms with van der Waals surface area (Å²) >= 11 is 1.67. The molecule has 1 heterocycles. The molecule has 0 bridgehead atoms. The highest BCUT2D eigenvalue weighted by Gasteiger charge is 2.08. The molecule has 0 aliphatic carbocycles. The number of carbonyl (C=O) groups excluding carboxylic acids is 1. The summed E-state index contributed by atoms with van der Waals surface area (Å²) in [5, 5.41) is 6.20. The summed E-state index contributed by atoms with van der Waals surface area (Å²) in [5.41, 5.74) is 1.11. The van der Waals surface area contributed by atoms with Crippen LogP contribution in [0.2, 0.25) is 0 Å². The molecule has 0 aliphatic rings. The Morgan fingerprint density at radius 2 is 2.35 bits per heavy atom. The molecule has 1 aromatic heterocycles. The Hall–Kier alpha value is -0.940. The average Bonchev–Trinajstić information content (AvgIpc) is 2.71. The molecule has 0 saturated heterocycles. The summed E-state index contributed by atoms with van der Waals surface area (Å²) in [6, 6.07) is 0. The fourth-order valence-electron chi connectivity index (χ4n) is 1.54. The van der Waals surface area contributed by atoms with Crippen molar-refractivity contribution < 1.29 is 4.79 Å². The van der Waals surface area contributed by atoms with Gasteiger partial charge in [0.25, 0.3) is 0 Å². The Bertz CT molecular complexity index is 351. The van der Waals surface area contributed by atoms with E-state index in [-0.39, 0.29) is 5.91 Å². The summed E-state index contributed by atoms with van der Waals surface area (Å²) in [5.74, 6) is 0.215. The molecule has 4 nitrogen and oxygen atoms in total. The fraction of sp³-hybridized carbons (Fsp3) is 0.667. The molecule has 0 saturated carbocycles. The van der Waals surface area contributed by atoms with E-state index in [4.69, 9.17) is 0 Å². The number of hydrogen-bond acceptors (Lipinski definition) is 4. The summed E-state index contributed by atoms with van der Waals surface area (Å²) in [6.45, 7) is 3.61. The van der Waals surface area contributed by atoms with E-state index in [1.807, 2.05) is 21.0 Å². The Morgan fingerprint density at radius 3 is 2.94 bits per heavy atom. The van der Waals surface area contributed by atoms with E-state index in [0.717, 1.165) is 36.6 Å². The fourth-order valence-corrected chi connectivity index (χ4v) is 2.19. The van der Waals surface area contributed by atoms with E-state index in [1.54, 1.807) is 16.2 Å². The number of carbonyl (C=O) groups is 1. The number of nitrogens with one attached hydrogen (secondary N) is 1. The number of thiazole rings is 1. The van der Waals surface area contributed by atoms with Crippen LogP contribution in [0.4, 0.5) is 0 Å². The molecule has 0 unspecified atom stereocenters. The minimum Gasteiger partial charge on any atom is -0.344 e. The Morgan fingerprint density at radius 1 is 1.59 bits per heavy atom. The van der Waals surface area contributed by atoms with Gasteiger partial charge in [0.1, 0.15) is 0 Å². The average molecular weight is 255 g/mol. The first-order valence-electron chi connectivity index (χ1n) is 5.93. The van der Waals surface area contributed by atoms with Crippen LogP contribution in [0.15, 0.2) is 5.38 Å². The van der Waals surface area contributed by atoms with Crippen LogP contribution in [-0.4, -0.2) is 43.0 Å². The second-order valence-corrected chi connectivity index (χ2v) is 5.19. The van der Waals surface area contributed by atoms with Crippen LogP contribution >= 0.6 is 11.3 Å². The van der Waals surface area contributed by atoms with Crippen LogP contribution < -0.4 is 5.32 Å². The van der Waals surface area contributed by atoms with E-state index < -0.39 is 0 Å². The third-order valence-corrected chi connectivity index (χ3v) is 3.44. The molecule has 0 radical (unpaired) electrons. The van der Waals surface area contributed by atoms with Gasteiger partial charge in [-0.25, -0.2) is 4.98 Å². The molecule has 0 aromatic carbocycles. The maximum absolute atomic E-state index is 11.7. The van der Waals surface area contributed by atoms with Gasteiger partial charge in [-0.3, -0.25) is 4.79 Å². The molecular formula is C12H21N3OS. The predicted octanol–water partition coefficient (Wildman–Crippen LogP) is 1.45. The van der Waals surface area contributed by atoms with Crippen molar-refractivity contribution in [3.8, 4) is 0 Å². The van der Waals surface area contributed by atoms with E-state index in [2.05, 4.69) is 15.7 Å². The molecule has 0 spiro atoms. The monoisotopic (exact) mass is 255 g/mol. The second kappa shape index (κ2) is 7.40. The third-order valence-electron chi connectivity index (χ3n) is 2.61. The topological polar surface area (TPSA) is 45.2 Å². The van der Waals surface area contributed by atoms with Crippen LogP contribution in [0.1, 0.15) is 23.5 Å². The molecule has 0 aliphatic heterocycles. The van der Waals surface area contributed by atoms with Crippen LogP contribution in [-0.2, 0) is 11.2 Å². The molecule has 5 heteroatoms. The van der Waals surface area contributed by atoms with Crippen molar-refractivity contribution in [3.63, 3.8) is 0 Å². The van der Waals surface area contributed by atoms with Crippen LogP contribution in [0.3, 0.4) is 0 Å². The molecule has 1 N–H and O–H groups in total. The summed E-state index contributed by atoms with van der Waals surface area (Å²) < 4.78 is 0. The first kappa shape index (κ1) is 14.1. The Kier molecular flexibility index (Phi) is 6.15. The highest BCUT2D eigenvalue weighted by Crippen LogP contribution is 2.10. The summed E-state index contributed by atoms with van der Waals surface area (Å²) in [7, 11) is 3.75. The number of aromatic nitrogens is 1. The van der Waals surface area contributed by atoms with Gasteiger partial charge in [0, 0.05) is 31.9 Å². The number of nitrogens with zero attached hydrogens (tertiary/aromatic N) is 2. The SMILES string of the molecule is CNCCN(C)C(=O)CCCc1csc(C)n1. The highest BCUT2D eigenvalue weighted by atomic mass is 32.1. The summed E-state index contributed by atoms with van der Waals surface area (Å²) in [6.07, 6.45) is 2.39. The largest absolute Gasteiger partial charge is 0.344 e. The molecule has 0 fully saturated rings. The molecule has 0 atom stereocenters. The van der Waals surface area contributed by atoms with Crippen molar-refractivity contribution in [1.29, 1.82) is 0 Å². The van der Waals surface area contributed by atoms with E-state index in [9.17, 15) is 4.79 Å². The number of likely N-dealkylation sites (N-methyl/N-ethyl adjacent to an activating group) is 2. The molecule has 1 aromatic rings. The minimum atomic E-state index is 0.215. The zero-order valence-corrected chi connectivity index (χ0v) is 11.6. The number of aryl methyl sites for hydroxylation is 2. The number of rotatable bonds is 7. The van der Waals surface area contributed by atoms with Crippen molar-refractivity contribution in [2.75, 3.05) is 27.2 Å². The van der Waals surface area contributed by atoms with E-state index >= 15 is 0 Å². The van der Waals surface area contributed by atoms with Gasteiger partial charge in [0.2, 0.25) is 5.91 Å². The van der Waals surface area contributed by atoms with Gasteiger partial charge in [-0.05, 0) is 26.8 Å². The zero-order chi connectivity index (χ0) is 12.7. The van der Waals surface area contributed by atoms with Gasteiger partial charge >= 0.3 is 0 Å². The predicted molar refractivity (Wildman–Crippen MR) is 71.4 cm³/mol. The van der Waals surface area contributed by atoms with Gasteiger partial charge < -0.3 is 10.2 Å². The van der Waals surface area contributed by atoms with Crippen molar-refractivity contribution in [1.82, 2.24) is 15.2 Å². The van der Waals surface area contributed by atoms with E-state index in [0.29, 0.717) is 6.42 Å². The maximum atomic E-state index is 11.7. The van der Waals surface area contributed by atoms with Crippen LogP contribution in [0.25, 0.3) is 0 Å². The maximum Gasteiger partial charge on any atom is 0.222 e. The van der Waals surface area contributed by atoms with Gasteiger partial charge in [-0.1, -0.05) is 0 Å². The smallest absolute Gasteiger partial charge is 0.222 e. The molecular weight excluding hydrogens is 234 g/mol. The first-order valence-corrected chi connectivity index (χ1v) is 6.81. The van der Waals surface area contributed by atoms with Crippen molar-refractivity contribution in [2.45, 2.75) is 26.2 Å². The molecule has 1 amide bonds.